The van der Waals surface area contributed by atoms with Gasteiger partial charge in [0.2, 0.25) is 0 Å². The maximum absolute atomic E-state index is 12.5. The van der Waals surface area contributed by atoms with Gasteiger partial charge in [0.25, 0.3) is 6.43 Å². The van der Waals surface area contributed by atoms with Crippen LogP contribution in [0.1, 0.15) is 28.0 Å². The summed E-state index contributed by atoms with van der Waals surface area (Å²) in [5, 5.41) is 17.2. The van der Waals surface area contributed by atoms with E-state index in [9.17, 15) is 13.6 Å². The van der Waals surface area contributed by atoms with Crippen LogP contribution in [0.15, 0.2) is 10.7 Å². The summed E-state index contributed by atoms with van der Waals surface area (Å²) in [6.45, 7) is 0. The molecule has 1 heterocycles. The molecule has 0 saturated heterocycles. The molecule has 0 aliphatic rings. The molecule has 0 amide bonds. The minimum Gasteiger partial charge on any atom is -0.478 e. The van der Waals surface area contributed by atoms with Crippen LogP contribution >= 0.6 is 15.9 Å². The third-order valence-corrected chi connectivity index (χ3v) is 2.18. The fourth-order valence-corrected chi connectivity index (χ4v) is 1.54. The monoisotopic (exact) mass is 276 g/mol. The Morgan fingerprint density at radius 2 is 2.27 bits per heavy atom. The van der Waals surface area contributed by atoms with E-state index in [-0.39, 0.29) is 10.3 Å². The normalized spacial score (nSPS) is 10.1. The number of hydrogen-bond acceptors (Lipinski definition) is 3. The van der Waals surface area contributed by atoms with E-state index in [0.29, 0.717) is 0 Å². The lowest BCUT2D eigenvalue weighted by atomic mass is 10.1. The van der Waals surface area contributed by atoms with Crippen LogP contribution in [0.2, 0.25) is 0 Å². The molecule has 0 aromatic carbocycles. The molecular formula is C8H3BrF2N2O2. The Labute approximate surface area is 91.3 Å². The standard InChI is InChI=1S/C8H3BrF2N2O2/c9-6-5(7(10)11)4(8(14)15)1-3(2-12)13-6/h1,7H,(H,14,15). The number of nitriles is 1. The van der Waals surface area contributed by atoms with Crippen LogP contribution in [-0.4, -0.2) is 16.1 Å². The van der Waals surface area contributed by atoms with Crippen molar-refractivity contribution in [1.29, 1.82) is 5.26 Å². The SMILES string of the molecule is N#Cc1cc(C(=O)O)c(C(F)F)c(Br)n1. The van der Waals surface area contributed by atoms with Crippen molar-refractivity contribution in [3.05, 3.63) is 27.5 Å². The average molecular weight is 277 g/mol. The minimum absolute atomic E-state index is 0.233. The van der Waals surface area contributed by atoms with Crippen molar-refractivity contribution in [3.63, 3.8) is 0 Å². The van der Waals surface area contributed by atoms with E-state index in [1.807, 2.05) is 0 Å². The Bertz CT molecular complexity index is 457. The molecular weight excluding hydrogens is 274 g/mol. The number of hydrogen-bond donors (Lipinski definition) is 1. The smallest absolute Gasteiger partial charge is 0.336 e. The zero-order chi connectivity index (χ0) is 11.6. The Balaban J connectivity index is 3.51. The van der Waals surface area contributed by atoms with Crippen molar-refractivity contribution in [2.45, 2.75) is 6.43 Å². The van der Waals surface area contributed by atoms with Crippen LogP contribution in [0.3, 0.4) is 0 Å². The van der Waals surface area contributed by atoms with E-state index in [4.69, 9.17) is 10.4 Å². The molecule has 7 heteroatoms. The van der Waals surface area contributed by atoms with Gasteiger partial charge in [-0.15, -0.1) is 0 Å². The number of pyridine rings is 1. The zero-order valence-corrected chi connectivity index (χ0v) is 8.62. The molecule has 0 bridgehead atoms. The van der Waals surface area contributed by atoms with Gasteiger partial charge < -0.3 is 5.11 Å². The van der Waals surface area contributed by atoms with Gasteiger partial charge in [-0.25, -0.2) is 18.6 Å². The van der Waals surface area contributed by atoms with E-state index >= 15 is 0 Å². The van der Waals surface area contributed by atoms with Gasteiger partial charge in [0.1, 0.15) is 16.4 Å². The third-order valence-electron chi connectivity index (χ3n) is 1.58. The number of aromatic nitrogens is 1. The lowest BCUT2D eigenvalue weighted by molar-refractivity contribution is 0.0683. The van der Waals surface area contributed by atoms with Gasteiger partial charge in [0.05, 0.1) is 11.1 Å². The van der Waals surface area contributed by atoms with Crippen molar-refractivity contribution >= 4 is 21.9 Å². The number of carboxylic acids is 1. The highest BCUT2D eigenvalue weighted by molar-refractivity contribution is 9.10. The quantitative estimate of drug-likeness (QED) is 0.842. The van der Waals surface area contributed by atoms with Crippen LogP contribution in [0.5, 0.6) is 0 Å². The average Bonchev–Trinajstić information content (AvgIpc) is 2.15. The summed E-state index contributed by atoms with van der Waals surface area (Å²) < 4.78 is 24.6. The number of carbonyl (C=O) groups is 1. The summed E-state index contributed by atoms with van der Waals surface area (Å²) in [4.78, 5) is 14.1. The molecule has 0 fully saturated rings. The molecule has 0 aliphatic heterocycles. The van der Waals surface area contributed by atoms with Crippen molar-refractivity contribution in [2.75, 3.05) is 0 Å². The summed E-state index contributed by atoms with van der Waals surface area (Å²) in [7, 11) is 0. The fraction of sp³-hybridized carbons (Fsp3) is 0.125. The first-order valence-corrected chi connectivity index (χ1v) is 4.38. The maximum Gasteiger partial charge on any atom is 0.336 e. The van der Waals surface area contributed by atoms with Crippen molar-refractivity contribution < 1.29 is 18.7 Å². The number of nitrogens with zero attached hydrogens (tertiary/aromatic N) is 2. The summed E-state index contributed by atoms with van der Waals surface area (Å²) in [6.07, 6.45) is -2.97. The van der Waals surface area contributed by atoms with Gasteiger partial charge in [-0.3, -0.25) is 0 Å². The Morgan fingerprint density at radius 3 is 2.67 bits per heavy atom. The molecule has 1 rings (SSSR count). The zero-order valence-electron chi connectivity index (χ0n) is 7.04. The summed E-state index contributed by atoms with van der Waals surface area (Å²) in [6, 6.07) is 2.39. The Hall–Kier alpha value is -1.55. The highest BCUT2D eigenvalue weighted by atomic mass is 79.9. The number of carboxylic acid groups (broad SMARTS) is 1. The van der Waals surface area contributed by atoms with E-state index < -0.39 is 23.5 Å². The molecule has 0 radical (unpaired) electrons. The third kappa shape index (κ3) is 2.27. The maximum atomic E-state index is 12.5. The summed E-state index contributed by atoms with van der Waals surface area (Å²) in [5.74, 6) is -1.52. The summed E-state index contributed by atoms with van der Waals surface area (Å²) >= 11 is 2.70. The molecule has 1 aromatic rings. The van der Waals surface area contributed by atoms with E-state index in [0.717, 1.165) is 6.07 Å². The van der Waals surface area contributed by atoms with Crippen LogP contribution in [-0.2, 0) is 0 Å². The van der Waals surface area contributed by atoms with E-state index in [2.05, 4.69) is 20.9 Å². The molecule has 1 N–H and O–H groups in total. The highest BCUT2D eigenvalue weighted by Gasteiger charge is 2.23. The largest absolute Gasteiger partial charge is 0.478 e. The second kappa shape index (κ2) is 4.31. The molecule has 0 unspecified atom stereocenters. The molecule has 0 spiro atoms. The summed E-state index contributed by atoms with van der Waals surface area (Å²) in [5.41, 5.74) is -1.58. The van der Waals surface area contributed by atoms with Crippen LogP contribution < -0.4 is 0 Å². The molecule has 4 nitrogen and oxygen atoms in total. The van der Waals surface area contributed by atoms with E-state index in [1.54, 1.807) is 6.07 Å². The second-order valence-corrected chi connectivity index (χ2v) is 3.23. The van der Waals surface area contributed by atoms with Crippen LogP contribution in [0.25, 0.3) is 0 Å². The van der Waals surface area contributed by atoms with Gasteiger partial charge in [-0.05, 0) is 22.0 Å². The topological polar surface area (TPSA) is 74.0 Å². The van der Waals surface area contributed by atoms with E-state index in [1.165, 1.54) is 0 Å². The lowest BCUT2D eigenvalue weighted by Gasteiger charge is -2.06. The fourth-order valence-electron chi connectivity index (χ4n) is 0.966. The van der Waals surface area contributed by atoms with Crippen molar-refractivity contribution in [3.8, 4) is 6.07 Å². The molecule has 15 heavy (non-hydrogen) atoms. The number of aromatic carboxylic acids is 1. The van der Waals surface area contributed by atoms with Gasteiger partial charge in [0.15, 0.2) is 0 Å². The van der Waals surface area contributed by atoms with Crippen molar-refractivity contribution in [1.82, 2.24) is 4.98 Å². The van der Waals surface area contributed by atoms with Gasteiger partial charge in [-0.1, -0.05) is 0 Å². The second-order valence-electron chi connectivity index (χ2n) is 2.48. The predicted octanol–water partition coefficient (Wildman–Crippen LogP) is 2.35. The van der Waals surface area contributed by atoms with Gasteiger partial charge >= 0.3 is 5.97 Å². The molecule has 0 aliphatic carbocycles. The lowest BCUT2D eigenvalue weighted by Crippen LogP contribution is -2.06. The Morgan fingerprint density at radius 1 is 1.67 bits per heavy atom. The van der Waals surface area contributed by atoms with Gasteiger partial charge in [0, 0.05) is 0 Å². The highest BCUT2D eigenvalue weighted by Crippen LogP contribution is 2.29. The Kier molecular flexibility index (Phi) is 3.31. The van der Waals surface area contributed by atoms with Crippen LogP contribution in [0, 0.1) is 11.3 Å². The predicted molar refractivity (Wildman–Crippen MR) is 48.6 cm³/mol. The molecule has 0 saturated carbocycles. The first-order chi connectivity index (χ1) is 6.97. The number of alkyl halides is 2. The van der Waals surface area contributed by atoms with Crippen LogP contribution in [0.4, 0.5) is 8.78 Å². The number of rotatable bonds is 2. The molecule has 0 atom stereocenters. The number of halogens is 3. The molecule has 78 valence electrons. The van der Waals surface area contributed by atoms with Crippen molar-refractivity contribution in [2.24, 2.45) is 0 Å². The first-order valence-electron chi connectivity index (χ1n) is 3.59. The minimum atomic E-state index is -2.97. The molecule has 1 aromatic heterocycles. The van der Waals surface area contributed by atoms with Gasteiger partial charge in [-0.2, -0.15) is 5.26 Å². The first kappa shape index (κ1) is 11.5.